The van der Waals surface area contributed by atoms with Crippen molar-refractivity contribution in [1.29, 1.82) is 0 Å². The van der Waals surface area contributed by atoms with Gasteiger partial charge < -0.3 is 0 Å². The summed E-state index contributed by atoms with van der Waals surface area (Å²) in [6.07, 6.45) is 3.08. The smallest absolute Gasteiger partial charge is 0.0487 e. The predicted octanol–water partition coefficient (Wildman–Crippen LogP) is 2.20. The molecule has 0 unspecified atom stereocenters. The molecule has 1 aliphatic heterocycles. The van der Waals surface area contributed by atoms with Crippen LogP contribution in [0.5, 0.6) is 0 Å². The van der Waals surface area contributed by atoms with Crippen molar-refractivity contribution in [2.24, 2.45) is 5.10 Å². The molecule has 3 nitrogen and oxygen atoms in total. The van der Waals surface area contributed by atoms with Gasteiger partial charge in [-0.2, -0.15) is 5.10 Å². The van der Waals surface area contributed by atoms with Gasteiger partial charge in [-0.1, -0.05) is 30.3 Å². The highest BCUT2D eigenvalue weighted by atomic mass is 15.5. The molecule has 0 amide bonds. The van der Waals surface area contributed by atoms with Crippen LogP contribution in [0.3, 0.4) is 0 Å². The summed E-state index contributed by atoms with van der Waals surface area (Å²) in [5.74, 6) is 0. The quantitative estimate of drug-likeness (QED) is 0.743. The third-order valence-corrected chi connectivity index (χ3v) is 3.09. The van der Waals surface area contributed by atoms with Crippen LogP contribution >= 0.6 is 0 Å². The molecule has 0 spiro atoms. The van der Waals surface area contributed by atoms with E-state index in [0.717, 1.165) is 26.2 Å². The number of nitrogens with zero attached hydrogens (tertiary/aromatic N) is 3. The molecule has 2 rings (SSSR count). The highest BCUT2D eigenvalue weighted by Crippen LogP contribution is 2.08. The van der Waals surface area contributed by atoms with Gasteiger partial charge >= 0.3 is 0 Å². The molecule has 3 heteroatoms. The minimum Gasteiger partial charge on any atom is -0.297 e. The Bertz CT molecular complexity index is 348. The molecule has 0 bridgehead atoms. The lowest BCUT2D eigenvalue weighted by Gasteiger charge is -2.20. The molecule has 1 fully saturated rings. The minimum atomic E-state index is 1.04. The summed E-state index contributed by atoms with van der Waals surface area (Å²) < 4.78 is 0. The Hall–Kier alpha value is -1.35. The molecule has 1 aromatic rings. The van der Waals surface area contributed by atoms with E-state index in [-0.39, 0.29) is 0 Å². The monoisotopic (exact) mass is 231 g/mol. The van der Waals surface area contributed by atoms with Gasteiger partial charge in [0.15, 0.2) is 0 Å². The molecule has 1 aliphatic rings. The van der Waals surface area contributed by atoms with Crippen molar-refractivity contribution in [3.05, 3.63) is 35.9 Å². The van der Waals surface area contributed by atoms with Crippen LogP contribution in [0.15, 0.2) is 35.4 Å². The molecule has 0 aromatic heterocycles. The molecule has 0 radical (unpaired) electrons. The van der Waals surface area contributed by atoms with E-state index in [1.165, 1.54) is 18.5 Å². The molecule has 0 saturated carbocycles. The predicted molar refractivity (Wildman–Crippen MR) is 72.1 cm³/mol. The second kappa shape index (κ2) is 6.40. The molecule has 17 heavy (non-hydrogen) atoms. The highest BCUT2D eigenvalue weighted by Gasteiger charge is 2.12. The first-order chi connectivity index (χ1) is 8.38. The molecule has 0 N–H and O–H groups in total. The second-order valence-electron chi connectivity index (χ2n) is 4.44. The van der Waals surface area contributed by atoms with E-state index < -0.39 is 0 Å². The maximum atomic E-state index is 4.37. The molecular weight excluding hydrogens is 210 g/mol. The first-order valence-electron chi connectivity index (χ1n) is 6.38. The Labute approximate surface area is 104 Å². The Kier molecular flexibility index (Phi) is 4.56. The molecule has 1 saturated heterocycles. The van der Waals surface area contributed by atoms with Crippen molar-refractivity contribution < 1.29 is 0 Å². The van der Waals surface area contributed by atoms with Crippen LogP contribution in [-0.4, -0.2) is 42.3 Å². The van der Waals surface area contributed by atoms with Crippen LogP contribution in [0, 0.1) is 0 Å². The van der Waals surface area contributed by atoms with E-state index in [1.54, 1.807) is 0 Å². The zero-order valence-corrected chi connectivity index (χ0v) is 10.5. The van der Waals surface area contributed by atoms with Crippen molar-refractivity contribution in [1.82, 2.24) is 9.91 Å². The fourth-order valence-corrected chi connectivity index (χ4v) is 2.24. The van der Waals surface area contributed by atoms with Gasteiger partial charge in [-0.05, 0) is 18.9 Å². The average Bonchev–Trinajstić information content (AvgIpc) is 2.57. The van der Waals surface area contributed by atoms with Crippen molar-refractivity contribution in [2.45, 2.75) is 19.9 Å². The summed E-state index contributed by atoms with van der Waals surface area (Å²) in [6.45, 7) is 7.43. The maximum absolute atomic E-state index is 4.37. The van der Waals surface area contributed by atoms with Crippen molar-refractivity contribution in [3.8, 4) is 0 Å². The van der Waals surface area contributed by atoms with E-state index in [0.29, 0.717) is 0 Å². The molecule has 0 atom stereocenters. The number of hydrogen-bond donors (Lipinski definition) is 0. The Morgan fingerprint density at radius 1 is 1.12 bits per heavy atom. The van der Waals surface area contributed by atoms with Gasteiger partial charge in [0.05, 0.1) is 0 Å². The van der Waals surface area contributed by atoms with Crippen LogP contribution < -0.4 is 0 Å². The van der Waals surface area contributed by atoms with Gasteiger partial charge in [0.1, 0.15) is 0 Å². The molecule has 1 aromatic carbocycles. The van der Waals surface area contributed by atoms with E-state index in [9.17, 15) is 0 Å². The number of benzene rings is 1. The van der Waals surface area contributed by atoms with Gasteiger partial charge in [-0.25, -0.2) is 0 Å². The molecular formula is C14H21N3. The first kappa shape index (κ1) is 12.1. The number of hydrazone groups is 1. The lowest BCUT2D eigenvalue weighted by Crippen LogP contribution is -2.28. The Morgan fingerprint density at radius 3 is 2.71 bits per heavy atom. The standard InChI is InChI=1S/C14H21N3/c1-2-15-17-10-6-9-16(11-12-17)13-14-7-4-3-5-8-14/h2-5,7-8H,6,9-13H2,1H3. The fraction of sp³-hybridized carbons (Fsp3) is 0.500. The van der Waals surface area contributed by atoms with E-state index in [4.69, 9.17) is 0 Å². The van der Waals surface area contributed by atoms with Gasteiger partial charge in [-0.3, -0.25) is 9.91 Å². The number of rotatable bonds is 3. The van der Waals surface area contributed by atoms with Crippen molar-refractivity contribution >= 4 is 6.21 Å². The van der Waals surface area contributed by atoms with E-state index >= 15 is 0 Å². The summed E-state index contributed by atoms with van der Waals surface area (Å²) in [5.41, 5.74) is 1.40. The van der Waals surface area contributed by atoms with Gasteiger partial charge in [0.25, 0.3) is 0 Å². The molecule has 1 heterocycles. The lowest BCUT2D eigenvalue weighted by atomic mass is 10.2. The van der Waals surface area contributed by atoms with Crippen LogP contribution in [0.1, 0.15) is 18.9 Å². The highest BCUT2D eigenvalue weighted by molar-refractivity contribution is 5.52. The summed E-state index contributed by atoms with van der Waals surface area (Å²) in [4.78, 5) is 2.51. The van der Waals surface area contributed by atoms with Crippen molar-refractivity contribution in [3.63, 3.8) is 0 Å². The lowest BCUT2D eigenvalue weighted by molar-refractivity contribution is 0.257. The van der Waals surface area contributed by atoms with Gasteiger partial charge in [-0.15, -0.1) is 0 Å². The normalized spacial score (nSPS) is 18.5. The largest absolute Gasteiger partial charge is 0.297 e. The van der Waals surface area contributed by atoms with E-state index in [1.807, 2.05) is 13.1 Å². The minimum absolute atomic E-state index is 1.04. The number of hydrogen-bond acceptors (Lipinski definition) is 3. The molecule has 92 valence electrons. The van der Waals surface area contributed by atoms with Gasteiger partial charge in [0, 0.05) is 38.9 Å². The maximum Gasteiger partial charge on any atom is 0.0487 e. The second-order valence-corrected chi connectivity index (χ2v) is 4.44. The Balaban J connectivity index is 1.87. The average molecular weight is 231 g/mol. The topological polar surface area (TPSA) is 18.8 Å². The summed E-state index contributed by atoms with van der Waals surface area (Å²) in [7, 11) is 0. The zero-order valence-electron chi connectivity index (χ0n) is 10.5. The SMILES string of the molecule is CC=NN1CCCN(Cc2ccccc2)CC1. The van der Waals surface area contributed by atoms with Crippen molar-refractivity contribution in [2.75, 3.05) is 26.2 Å². The third-order valence-electron chi connectivity index (χ3n) is 3.09. The van der Waals surface area contributed by atoms with Crippen LogP contribution in [0.2, 0.25) is 0 Å². The van der Waals surface area contributed by atoms with Gasteiger partial charge in [0.2, 0.25) is 0 Å². The van der Waals surface area contributed by atoms with Crippen LogP contribution in [-0.2, 0) is 6.54 Å². The summed E-state index contributed by atoms with van der Waals surface area (Å²) in [6, 6.07) is 10.7. The van der Waals surface area contributed by atoms with Crippen LogP contribution in [0.4, 0.5) is 0 Å². The zero-order chi connectivity index (χ0) is 11.9. The third kappa shape index (κ3) is 3.86. The first-order valence-corrected chi connectivity index (χ1v) is 6.38. The fourth-order valence-electron chi connectivity index (χ4n) is 2.24. The molecule has 0 aliphatic carbocycles. The summed E-state index contributed by atoms with van der Waals surface area (Å²) >= 11 is 0. The summed E-state index contributed by atoms with van der Waals surface area (Å²) in [5, 5.41) is 6.54. The van der Waals surface area contributed by atoms with E-state index in [2.05, 4.69) is 45.3 Å². The van der Waals surface area contributed by atoms with Crippen LogP contribution in [0.25, 0.3) is 0 Å². The Morgan fingerprint density at radius 2 is 1.94 bits per heavy atom.